The number of hydrogen-bond donors (Lipinski definition) is 7. The second-order valence-electron chi connectivity index (χ2n) is 10.3. The Morgan fingerprint density at radius 3 is 1.52 bits per heavy atom. The maximum Gasteiger partial charge on any atom is 0.323 e. The van der Waals surface area contributed by atoms with E-state index in [-0.39, 0.29) is 45.4 Å². The summed E-state index contributed by atoms with van der Waals surface area (Å²) in [7, 11) is 0. The standard InChI is InChI=1S/C18H17ClN4O3.C16H14ClN3O2/c1-10(2)17(25)22-14-8-16(24)15(7-13(14)19)23-18(26)21-12-5-3-11(9-20)4-6-12;1-2-11-7-15(21)14(8-13(11)17)20-16(22)19-12-5-3-10(9-18)4-6-12/h3-8,10,24H,1-2H3,(H,22,25)(H2,21,23,26);3-8,21H,2H2,1H3,(H2,19,20,22). The topological polar surface area (TPSA) is 199 Å². The van der Waals surface area contributed by atoms with Gasteiger partial charge in [-0.1, -0.05) is 44.0 Å². The van der Waals surface area contributed by atoms with E-state index in [4.69, 9.17) is 33.7 Å². The Morgan fingerprint density at radius 1 is 0.667 bits per heavy atom. The van der Waals surface area contributed by atoms with Crippen LogP contribution in [0, 0.1) is 28.6 Å². The van der Waals surface area contributed by atoms with E-state index < -0.39 is 12.1 Å². The van der Waals surface area contributed by atoms with Crippen molar-refractivity contribution in [2.75, 3.05) is 26.6 Å². The van der Waals surface area contributed by atoms with Crippen molar-refractivity contribution in [1.29, 1.82) is 10.5 Å². The molecule has 0 unspecified atom stereocenters. The van der Waals surface area contributed by atoms with E-state index >= 15 is 0 Å². The van der Waals surface area contributed by atoms with E-state index in [0.717, 1.165) is 5.56 Å². The summed E-state index contributed by atoms with van der Waals surface area (Å²) in [5, 5.41) is 50.8. The van der Waals surface area contributed by atoms with Crippen molar-refractivity contribution in [3.05, 3.63) is 99.5 Å². The lowest BCUT2D eigenvalue weighted by Crippen LogP contribution is -2.20. The Morgan fingerprint density at radius 2 is 1.10 bits per heavy atom. The lowest BCUT2D eigenvalue weighted by atomic mass is 10.1. The van der Waals surface area contributed by atoms with Gasteiger partial charge in [-0.3, -0.25) is 4.79 Å². The van der Waals surface area contributed by atoms with Crippen LogP contribution in [0.1, 0.15) is 37.5 Å². The molecule has 4 aromatic carbocycles. The zero-order chi connectivity index (χ0) is 35.4. The van der Waals surface area contributed by atoms with Gasteiger partial charge in [-0.05, 0) is 78.7 Å². The highest BCUT2D eigenvalue weighted by Crippen LogP contribution is 2.34. The quantitative estimate of drug-likeness (QED) is 0.0947. The highest BCUT2D eigenvalue weighted by molar-refractivity contribution is 6.34. The fourth-order valence-corrected chi connectivity index (χ4v) is 4.34. The first kappa shape index (κ1) is 36.5. The summed E-state index contributed by atoms with van der Waals surface area (Å²) in [6.07, 6.45) is 0.685. The largest absolute Gasteiger partial charge is 0.506 e. The van der Waals surface area contributed by atoms with Crippen molar-refractivity contribution in [3.63, 3.8) is 0 Å². The molecule has 5 amide bonds. The molecule has 0 fully saturated rings. The molecule has 4 aromatic rings. The third kappa shape index (κ3) is 10.6. The number of nitrogens with zero attached hydrogens (tertiary/aromatic N) is 2. The smallest absolute Gasteiger partial charge is 0.323 e. The summed E-state index contributed by atoms with van der Waals surface area (Å²) in [4.78, 5) is 35.7. The second kappa shape index (κ2) is 17.1. The fourth-order valence-electron chi connectivity index (χ4n) is 3.84. The molecule has 0 saturated carbocycles. The molecule has 48 heavy (non-hydrogen) atoms. The molecule has 0 atom stereocenters. The van der Waals surface area contributed by atoms with Gasteiger partial charge in [0, 0.05) is 28.4 Å². The molecular weight excluding hydrogens is 657 g/mol. The Labute approximate surface area is 286 Å². The van der Waals surface area contributed by atoms with Gasteiger partial charge in [0.25, 0.3) is 0 Å². The summed E-state index contributed by atoms with van der Waals surface area (Å²) in [6, 6.07) is 21.2. The van der Waals surface area contributed by atoms with Crippen LogP contribution in [0.3, 0.4) is 0 Å². The molecule has 0 aliphatic carbocycles. The second-order valence-corrected chi connectivity index (χ2v) is 11.2. The number of urea groups is 2. The van der Waals surface area contributed by atoms with Crippen LogP contribution < -0.4 is 26.6 Å². The number of phenolic OH excluding ortho intramolecular Hbond substituents is 2. The molecule has 0 aliphatic heterocycles. The lowest BCUT2D eigenvalue weighted by molar-refractivity contribution is -0.118. The highest BCUT2D eigenvalue weighted by atomic mass is 35.5. The number of phenols is 2. The summed E-state index contributed by atoms with van der Waals surface area (Å²) < 4.78 is 0. The van der Waals surface area contributed by atoms with Crippen molar-refractivity contribution in [1.82, 2.24) is 0 Å². The van der Waals surface area contributed by atoms with E-state index in [1.807, 2.05) is 19.1 Å². The first-order valence-electron chi connectivity index (χ1n) is 14.3. The van der Waals surface area contributed by atoms with E-state index in [1.165, 1.54) is 24.3 Å². The number of carbonyl (C=O) groups excluding carboxylic acids is 3. The monoisotopic (exact) mass is 687 g/mol. The zero-order valence-electron chi connectivity index (χ0n) is 26.0. The average Bonchev–Trinajstić information content (AvgIpc) is 3.05. The Bertz CT molecular complexity index is 1880. The third-order valence-electron chi connectivity index (χ3n) is 6.45. The predicted molar refractivity (Wildman–Crippen MR) is 187 cm³/mol. The number of hydrogen-bond acceptors (Lipinski definition) is 7. The highest BCUT2D eigenvalue weighted by Gasteiger charge is 2.15. The number of aryl methyl sites for hydroxylation is 1. The molecule has 0 heterocycles. The van der Waals surface area contributed by atoms with Crippen LogP contribution in [0.5, 0.6) is 11.5 Å². The summed E-state index contributed by atoms with van der Waals surface area (Å²) in [6.45, 7) is 5.38. The molecule has 246 valence electrons. The molecule has 0 radical (unpaired) electrons. The van der Waals surface area contributed by atoms with Crippen LogP contribution >= 0.6 is 23.2 Å². The molecule has 4 rings (SSSR count). The average molecular weight is 689 g/mol. The van der Waals surface area contributed by atoms with Crippen LogP contribution in [0.2, 0.25) is 10.0 Å². The van der Waals surface area contributed by atoms with Gasteiger partial charge in [-0.15, -0.1) is 0 Å². The molecule has 0 aliphatic rings. The molecule has 7 N–H and O–H groups in total. The van der Waals surface area contributed by atoms with Gasteiger partial charge in [0.15, 0.2) is 0 Å². The van der Waals surface area contributed by atoms with E-state index in [2.05, 4.69) is 26.6 Å². The van der Waals surface area contributed by atoms with Crippen molar-refractivity contribution in [2.24, 2.45) is 5.92 Å². The number of carbonyl (C=O) groups is 3. The van der Waals surface area contributed by atoms with Crippen LogP contribution in [0.4, 0.5) is 38.0 Å². The maximum absolute atomic E-state index is 12.0. The first-order valence-corrected chi connectivity index (χ1v) is 15.1. The maximum atomic E-state index is 12.0. The molecule has 12 nitrogen and oxygen atoms in total. The van der Waals surface area contributed by atoms with Crippen molar-refractivity contribution in [3.8, 4) is 23.6 Å². The van der Waals surface area contributed by atoms with Crippen LogP contribution in [0.25, 0.3) is 0 Å². The summed E-state index contributed by atoms with van der Waals surface area (Å²) in [5.74, 6) is -0.783. The van der Waals surface area contributed by atoms with E-state index in [0.29, 0.717) is 33.9 Å². The Hall–Kier alpha value is -5.95. The van der Waals surface area contributed by atoms with Gasteiger partial charge >= 0.3 is 12.1 Å². The SMILES string of the molecule is CC(C)C(=O)Nc1cc(O)c(NC(=O)Nc2ccc(C#N)cc2)cc1Cl.CCc1cc(O)c(NC(=O)Nc2ccc(C#N)cc2)cc1Cl. The normalized spacial score (nSPS) is 10.0. The molecule has 0 spiro atoms. The van der Waals surface area contributed by atoms with Gasteiger partial charge in [-0.25, -0.2) is 9.59 Å². The van der Waals surface area contributed by atoms with Crippen molar-refractivity contribution >= 4 is 69.6 Å². The number of nitriles is 2. The van der Waals surface area contributed by atoms with Crippen molar-refractivity contribution in [2.45, 2.75) is 27.2 Å². The number of amides is 5. The Kier molecular flexibility index (Phi) is 13.0. The third-order valence-corrected chi connectivity index (χ3v) is 7.12. The van der Waals surface area contributed by atoms with Crippen LogP contribution in [0.15, 0.2) is 72.8 Å². The number of aromatic hydroxyl groups is 2. The van der Waals surface area contributed by atoms with E-state index in [9.17, 15) is 24.6 Å². The van der Waals surface area contributed by atoms with Crippen LogP contribution in [-0.2, 0) is 11.2 Å². The van der Waals surface area contributed by atoms with Crippen LogP contribution in [-0.4, -0.2) is 28.2 Å². The molecule has 0 bridgehead atoms. The molecule has 0 saturated heterocycles. The zero-order valence-corrected chi connectivity index (χ0v) is 27.5. The first-order chi connectivity index (χ1) is 22.8. The van der Waals surface area contributed by atoms with Gasteiger partial charge in [0.1, 0.15) is 11.5 Å². The summed E-state index contributed by atoms with van der Waals surface area (Å²) >= 11 is 12.2. The summed E-state index contributed by atoms with van der Waals surface area (Å²) in [5.41, 5.74) is 3.36. The van der Waals surface area contributed by atoms with Gasteiger partial charge in [0.05, 0.1) is 45.4 Å². The molecule has 14 heteroatoms. The van der Waals surface area contributed by atoms with Gasteiger partial charge < -0.3 is 36.8 Å². The number of halogens is 2. The number of rotatable bonds is 7. The predicted octanol–water partition coefficient (Wildman–Crippen LogP) is 8.28. The minimum absolute atomic E-state index is 0.0452. The minimum Gasteiger partial charge on any atom is -0.506 e. The van der Waals surface area contributed by atoms with Gasteiger partial charge in [0.2, 0.25) is 5.91 Å². The molecule has 0 aromatic heterocycles. The lowest BCUT2D eigenvalue weighted by Gasteiger charge is -2.13. The van der Waals surface area contributed by atoms with Gasteiger partial charge in [-0.2, -0.15) is 10.5 Å². The van der Waals surface area contributed by atoms with E-state index in [1.54, 1.807) is 62.4 Å². The Balaban J connectivity index is 0.000000264. The number of anilines is 5. The number of benzene rings is 4. The molecular formula is C34H31Cl2N7O5. The fraction of sp³-hybridized carbons (Fsp3) is 0.147. The van der Waals surface area contributed by atoms with Crippen molar-refractivity contribution < 1.29 is 24.6 Å². The minimum atomic E-state index is -0.597. The number of nitrogens with one attached hydrogen (secondary N) is 5.